The third kappa shape index (κ3) is 10.9. The molecule has 0 aromatic rings. The molecular formula is C8H16NSn. The molecule has 0 aromatic heterocycles. The Balaban J connectivity index is -0.0000000450. The van der Waals surface area contributed by atoms with Crippen molar-refractivity contribution >= 4 is 30.1 Å². The van der Waals surface area contributed by atoms with Gasteiger partial charge in [-0.05, 0) is 12.2 Å². The summed E-state index contributed by atoms with van der Waals surface area (Å²) >= 11 is 0. The standard InChI is InChI=1S/C5H4N.3CH4.Sn/c1-2-4-6-5-3-1;;;;/h2-5H;3*1H4;. The summed E-state index contributed by atoms with van der Waals surface area (Å²) in [5, 5.41) is 0. The fraction of sp³-hybridized carbons (Fsp3) is 0.375. The van der Waals surface area contributed by atoms with Crippen molar-refractivity contribution in [2.24, 2.45) is 4.99 Å². The fourth-order valence-electron chi connectivity index (χ4n) is 0.277. The molecule has 0 bridgehead atoms. The number of hydrogen-bond donors (Lipinski definition) is 0. The Morgan fingerprint density at radius 1 is 1.00 bits per heavy atom. The minimum atomic E-state index is 0. The monoisotopic (exact) mass is 246 g/mol. The molecule has 57 valence electrons. The van der Waals surface area contributed by atoms with Gasteiger partial charge in [-0.1, -0.05) is 22.3 Å². The van der Waals surface area contributed by atoms with Gasteiger partial charge in [0.1, 0.15) is 6.54 Å². The summed E-state index contributed by atoms with van der Waals surface area (Å²) in [4.78, 5) is 3.75. The Labute approximate surface area is 81.9 Å². The van der Waals surface area contributed by atoms with Crippen molar-refractivity contribution in [1.82, 2.24) is 0 Å². The molecule has 1 rings (SSSR count). The summed E-state index contributed by atoms with van der Waals surface area (Å²) < 4.78 is 0. The molecule has 0 unspecified atom stereocenters. The van der Waals surface area contributed by atoms with E-state index in [0.29, 0.717) is 0 Å². The van der Waals surface area contributed by atoms with E-state index in [9.17, 15) is 0 Å². The van der Waals surface area contributed by atoms with Crippen molar-refractivity contribution in [2.75, 3.05) is 0 Å². The van der Waals surface area contributed by atoms with Gasteiger partial charge in [-0.25, -0.2) is 0 Å². The predicted octanol–water partition coefficient (Wildman–Crippen LogP) is 2.47. The first-order valence-electron chi connectivity index (χ1n) is 1.76. The van der Waals surface area contributed by atoms with E-state index in [1.165, 1.54) is 0 Å². The Morgan fingerprint density at radius 2 is 1.60 bits per heavy atom. The van der Waals surface area contributed by atoms with Crippen LogP contribution in [0.25, 0.3) is 0 Å². The van der Waals surface area contributed by atoms with Crippen molar-refractivity contribution < 1.29 is 0 Å². The van der Waals surface area contributed by atoms with Crippen LogP contribution in [0.2, 0.25) is 0 Å². The Hall–Kier alpha value is -0.0113. The van der Waals surface area contributed by atoms with E-state index in [-0.39, 0.29) is 46.2 Å². The van der Waals surface area contributed by atoms with Gasteiger partial charge in [0.2, 0.25) is 0 Å². The molecule has 1 heterocycles. The van der Waals surface area contributed by atoms with E-state index in [4.69, 9.17) is 0 Å². The van der Waals surface area contributed by atoms with Crippen LogP contribution in [-0.2, 0) is 0 Å². The zero-order chi connectivity index (χ0) is 4.24. The van der Waals surface area contributed by atoms with Crippen LogP contribution in [0.3, 0.4) is 0 Å². The third-order valence-electron chi connectivity index (χ3n) is 0.514. The van der Waals surface area contributed by atoms with Crippen LogP contribution in [0.15, 0.2) is 22.9 Å². The fourth-order valence-corrected chi connectivity index (χ4v) is 0.277. The molecular weight excluding hydrogens is 229 g/mol. The molecule has 5 radical (unpaired) electrons. The summed E-state index contributed by atoms with van der Waals surface area (Å²) in [6.07, 6.45) is 5.22. The molecule has 0 aromatic carbocycles. The average molecular weight is 245 g/mol. The summed E-state index contributed by atoms with van der Waals surface area (Å²) in [5.74, 6) is 0. The third-order valence-corrected chi connectivity index (χ3v) is 0.514. The summed E-state index contributed by atoms with van der Waals surface area (Å²) in [6, 6.07) is 0. The van der Waals surface area contributed by atoms with Gasteiger partial charge in [0.15, 0.2) is 0 Å². The first-order chi connectivity index (χ1) is 3.00. The average Bonchev–Trinajstić information content (AvgIpc) is 1.72. The van der Waals surface area contributed by atoms with Gasteiger partial charge < -0.3 is 0 Å². The molecule has 0 saturated heterocycles. The molecule has 0 amide bonds. The van der Waals surface area contributed by atoms with Crippen LogP contribution >= 0.6 is 0 Å². The summed E-state index contributed by atoms with van der Waals surface area (Å²) in [7, 11) is 0. The molecule has 0 atom stereocenters. The Bertz CT molecular complexity index is 121. The topological polar surface area (TPSA) is 12.4 Å². The number of rotatable bonds is 0. The maximum atomic E-state index is 3.75. The minimum absolute atomic E-state index is 0. The molecule has 2 heteroatoms. The van der Waals surface area contributed by atoms with Crippen LogP contribution < -0.4 is 0 Å². The van der Waals surface area contributed by atoms with E-state index in [1.807, 2.05) is 0 Å². The van der Waals surface area contributed by atoms with E-state index in [0.717, 1.165) is 0 Å². The predicted molar refractivity (Wildman–Crippen MR) is 51.4 cm³/mol. The van der Waals surface area contributed by atoms with Crippen LogP contribution in [-0.4, -0.2) is 30.1 Å². The van der Waals surface area contributed by atoms with Crippen molar-refractivity contribution in [2.45, 2.75) is 22.3 Å². The molecule has 1 aliphatic heterocycles. The van der Waals surface area contributed by atoms with E-state index in [2.05, 4.69) is 10.7 Å². The Kier molecular flexibility index (Phi) is 36.0. The van der Waals surface area contributed by atoms with Gasteiger partial charge in [-0.15, -0.1) is 5.73 Å². The number of nitrogens with zero attached hydrogens (tertiary/aromatic N) is 1. The first kappa shape index (κ1) is 22.5. The van der Waals surface area contributed by atoms with Crippen LogP contribution in [0.5, 0.6) is 0 Å². The maximum Gasteiger partial charge on any atom is 0.102 e. The second-order valence-electron chi connectivity index (χ2n) is 0.947. The van der Waals surface area contributed by atoms with E-state index < -0.39 is 0 Å². The van der Waals surface area contributed by atoms with Crippen LogP contribution in [0, 0.1) is 6.54 Å². The number of hydrogen-bond acceptors (Lipinski definition) is 1. The van der Waals surface area contributed by atoms with Gasteiger partial charge >= 0.3 is 0 Å². The second kappa shape index (κ2) is 16.0. The zero-order valence-electron chi connectivity index (χ0n) is 3.76. The van der Waals surface area contributed by atoms with Crippen molar-refractivity contribution in [1.29, 1.82) is 0 Å². The SMILES string of the molecule is C.C.C.C1=C[CH]N=CC=1.[Sn]. The molecule has 1 aliphatic rings. The van der Waals surface area contributed by atoms with Gasteiger partial charge in [0, 0.05) is 30.1 Å². The smallest absolute Gasteiger partial charge is 0.102 e. The molecule has 0 spiro atoms. The van der Waals surface area contributed by atoms with Crippen LogP contribution in [0.4, 0.5) is 0 Å². The molecule has 0 N–H and O–H groups in total. The largest absolute Gasteiger partial charge is 0.282 e. The molecule has 0 saturated carbocycles. The number of aliphatic imine (C=N–C) groups is 1. The van der Waals surface area contributed by atoms with Crippen molar-refractivity contribution in [3.8, 4) is 0 Å². The molecule has 1 nitrogen and oxygen atoms in total. The first-order valence-corrected chi connectivity index (χ1v) is 1.76. The maximum absolute atomic E-state index is 3.75. The molecule has 10 heavy (non-hydrogen) atoms. The molecule has 0 fully saturated rings. The normalized spacial score (nSPS) is 9.60. The van der Waals surface area contributed by atoms with E-state index in [1.54, 1.807) is 24.9 Å². The summed E-state index contributed by atoms with van der Waals surface area (Å²) in [6.45, 7) is 1.69. The summed E-state index contributed by atoms with van der Waals surface area (Å²) in [5.41, 5.74) is 2.83. The van der Waals surface area contributed by atoms with Gasteiger partial charge in [0.25, 0.3) is 0 Å². The van der Waals surface area contributed by atoms with Crippen LogP contribution in [0.1, 0.15) is 22.3 Å². The van der Waals surface area contributed by atoms with E-state index >= 15 is 0 Å². The van der Waals surface area contributed by atoms with Crippen molar-refractivity contribution in [3.05, 3.63) is 24.4 Å². The Morgan fingerprint density at radius 3 is 1.70 bits per heavy atom. The molecule has 0 aliphatic carbocycles. The second-order valence-corrected chi connectivity index (χ2v) is 0.947. The quantitative estimate of drug-likeness (QED) is 0.459. The van der Waals surface area contributed by atoms with Gasteiger partial charge in [-0.2, -0.15) is 0 Å². The zero-order valence-corrected chi connectivity index (χ0v) is 6.61. The van der Waals surface area contributed by atoms with Gasteiger partial charge in [-0.3, -0.25) is 4.99 Å². The van der Waals surface area contributed by atoms with Crippen molar-refractivity contribution in [3.63, 3.8) is 0 Å². The van der Waals surface area contributed by atoms with Gasteiger partial charge in [0.05, 0.1) is 0 Å². The minimum Gasteiger partial charge on any atom is -0.282 e.